The first-order valence-electron chi connectivity index (χ1n) is 10.6. The molecule has 1 heterocycles. The number of thioether (sulfide) groups is 1. The molecule has 2 aromatic carbocycles. The molecule has 0 fully saturated rings. The maximum absolute atomic E-state index is 13.0. The fourth-order valence-corrected chi connectivity index (χ4v) is 5.88. The average Bonchev–Trinajstić information content (AvgIpc) is 3.22. The van der Waals surface area contributed by atoms with Crippen molar-refractivity contribution in [2.75, 3.05) is 13.1 Å². The third-order valence-corrected chi connectivity index (χ3v) is 8.40. The number of benzene rings is 2. The van der Waals surface area contributed by atoms with Crippen molar-refractivity contribution in [2.24, 2.45) is 0 Å². The van der Waals surface area contributed by atoms with E-state index in [0.717, 1.165) is 22.9 Å². The Hall–Kier alpha value is -2.16. The molecule has 3 rings (SSSR count). The quantitative estimate of drug-likeness (QED) is 0.389. The van der Waals surface area contributed by atoms with Gasteiger partial charge in [-0.15, -0.1) is 10.2 Å². The topological polar surface area (TPSA) is 68.1 Å². The highest BCUT2D eigenvalue weighted by Crippen LogP contribution is 2.32. The van der Waals surface area contributed by atoms with Crippen LogP contribution in [0.3, 0.4) is 0 Å². The van der Waals surface area contributed by atoms with Gasteiger partial charge < -0.3 is 0 Å². The normalized spacial score (nSPS) is 12.9. The summed E-state index contributed by atoms with van der Waals surface area (Å²) in [5, 5.41) is 9.75. The predicted molar refractivity (Wildman–Crippen MR) is 127 cm³/mol. The molecule has 0 saturated heterocycles. The lowest BCUT2D eigenvalue weighted by atomic mass is 10.2. The Kier molecular flexibility index (Phi) is 7.91. The summed E-state index contributed by atoms with van der Waals surface area (Å²) in [6.07, 6.45) is 0.918. The van der Waals surface area contributed by atoms with Crippen LogP contribution >= 0.6 is 11.8 Å². The summed E-state index contributed by atoms with van der Waals surface area (Å²) >= 11 is 1.64. The zero-order chi connectivity index (χ0) is 22.4. The smallest absolute Gasteiger partial charge is 0.243 e. The zero-order valence-electron chi connectivity index (χ0n) is 18.5. The number of sulfonamides is 1. The number of nitrogens with zero attached hydrogens (tertiary/aromatic N) is 4. The van der Waals surface area contributed by atoms with E-state index in [2.05, 4.69) is 40.7 Å². The molecule has 31 heavy (non-hydrogen) atoms. The number of rotatable bonds is 10. The summed E-state index contributed by atoms with van der Waals surface area (Å²) in [7, 11) is -3.54. The van der Waals surface area contributed by atoms with Gasteiger partial charge in [-0.3, -0.25) is 4.57 Å². The van der Waals surface area contributed by atoms with Crippen LogP contribution in [-0.2, 0) is 15.8 Å². The molecule has 6 nitrogen and oxygen atoms in total. The summed E-state index contributed by atoms with van der Waals surface area (Å²) < 4.78 is 29.6. The van der Waals surface area contributed by atoms with Gasteiger partial charge in [0.25, 0.3) is 0 Å². The summed E-state index contributed by atoms with van der Waals surface area (Å²) in [6.45, 7) is 8.83. The van der Waals surface area contributed by atoms with Gasteiger partial charge in [-0.25, -0.2) is 8.42 Å². The van der Waals surface area contributed by atoms with Crippen LogP contribution < -0.4 is 0 Å². The van der Waals surface area contributed by atoms with E-state index in [1.165, 1.54) is 9.87 Å². The molecule has 8 heteroatoms. The zero-order valence-corrected chi connectivity index (χ0v) is 20.2. The molecule has 3 aromatic rings. The molecule has 0 radical (unpaired) electrons. The molecule has 0 aliphatic carbocycles. The van der Waals surface area contributed by atoms with Crippen molar-refractivity contribution in [1.29, 1.82) is 0 Å². The Morgan fingerprint density at radius 3 is 2.35 bits per heavy atom. The Morgan fingerprint density at radius 2 is 1.71 bits per heavy atom. The lowest BCUT2D eigenvalue weighted by Crippen LogP contribution is -2.30. The van der Waals surface area contributed by atoms with Gasteiger partial charge in [0.15, 0.2) is 11.0 Å². The Bertz CT molecular complexity index is 1090. The van der Waals surface area contributed by atoms with Crippen LogP contribution in [0, 0.1) is 0 Å². The van der Waals surface area contributed by atoms with Crippen molar-refractivity contribution in [2.45, 2.75) is 56.0 Å². The first-order valence-corrected chi connectivity index (χ1v) is 13.1. The van der Waals surface area contributed by atoms with E-state index in [1.54, 1.807) is 30.0 Å². The van der Waals surface area contributed by atoms with E-state index in [1.807, 2.05) is 38.1 Å². The first-order chi connectivity index (χ1) is 14.9. The molecule has 0 saturated carbocycles. The largest absolute Gasteiger partial charge is 0.299 e. The standard InChI is InChI=1S/C23H30N4O2S2/c1-5-18(4)27-22(24-25-23(27)30-17-19-12-9-8-10-13-19)20-14-11-15-21(16-20)31(28,29)26(6-2)7-3/h8-16,18H,5-7,17H2,1-4H3. The highest BCUT2D eigenvalue weighted by molar-refractivity contribution is 7.98. The highest BCUT2D eigenvalue weighted by atomic mass is 32.2. The molecule has 0 N–H and O–H groups in total. The number of aromatic nitrogens is 3. The maximum Gasteiger partial charge on any atom is 0.243 e. The van der Waals surface area contributed by atoms with Gasteiger partial charge in [-0.05, 0) is 31.0 Å². The van der Waals surface area contributed by atoms with E-state index in [0.29, 0.717) is 18.9 Å². The highest BCUT2D eigenvalue weighted by Gasteiger charge is 2.24. The van der Waals surface area contributed by atoms with Gasteiger partial charge in [-0.2, -0.15) is 4.31 Å². The van der Waals surface area contributed by atoms with Crippen molar-refractivity contribution in [3.8, 4) is 11.4 Å². The minimum atomic E-state index is -3.54. The van der Waals surface area contributed by atoms with Gasteiger partial charge in [0.2, 0.25) is 10.0 Å². The van der Waals surface area contributed by atoms with Crippen LogP contribution in [0.4, 0.5) is 0 Å². The second-order valence-corrected chi connectivity index (χ2v) is 10.2. The van der Waals surface area contributed by atoms with Crippen molar-refractivity contribution >= 4 is 21.8 Å². The van der Waals surface area contributed by atoms with Crippen molar-refractivity contribution < 1.29 is 8.42 Å². The average molecular weight is 459 g/mol. The number of hydrogen-bond acceptors (Lipinski definition) is 5. The molecule has 1 aromatic heterocycles. The third-order valence-electron chi connectivity index (χ3n) is 5.34. The molecular formula is C23H30N4O2S2. The van der Waals surface area contributed by atoms with E-state index in [-0.39, 0.29) is 10.9 Å². The fraction of sp³-hybridized carbons (Fsp3) is 0.391. The van der Waals surface area contributed by atoms with Gasteiger partial charge in [-0.1, -0.05) is 75.0 Å². The van der Waals surface area contributed by atoms with Gasteiger partial charge >= 0.3 is 0 Å². The minimum absolute atomic E-state index is 0.186. The molecule has 1 atom stereocenters. The Labute approximate surface area is 189 Å². The lowest BCUT2D eigenvalue weighted by Gasteiger charge is -2.19. The molecule has 0 bridgehead atoms. The number of hydrogen-bond donors (Lipinski definition) is 0. The lowest BCUT2D eigenvalue weighted by molar-refractivity contribution is 0.445. The van der Waals surface area contributed by atoms with Crippen molar-refractivity contribution in [3.63, 3.8) is 0 Å². The summed E-state index contributed by atoms with van der Waals surface area (Å²) in [5.74, 6) is 1.49. The van der Waals surface area contributed by atoms with Crippen LogP contribution in [0.2, 0.25) is 0 Å². The molecular weight excluding hydrogens is 428 g/mol. The van der Waals surface area contributed by atoms with Crippen LogP contribution in [0.1, 0.15) is 45.7 Å². The minimum Gasteiger partial charge on any atom is -0.299 e. The molecule has 0 spiro atoms. The molecule has 0 aliphatic rings. The summed E-state index contributed by atoms with van der Waals surface area (Å²) in [5.41, 5.74) is 1.98. The Morgan fingerprint density at radius 1 is 1.00 bits per heavy atom. The van der Waals surface area contributed by atoms with Crippen molar-refractivity contribution in [1.82, 2.24) is 19.1 Å². The second-order valence-electron chi connectivity index (χ2n) is 7.32. The van der Waals surface area contributed by atoms with E-state index in [9.17, 15) is 8.42 Å². The van der Waals surface area contributed by atoms with Gasteiger partial charge in [0.05, 0.1) is 4.90 Å². The molecule has 0 aliphatic heterocycles. The van der Waals surface area contributed by atoms with E-state index >= 15 is 0 Å². The molecule has 166 valence electrons. The SMILES string of the molecule is CCC(C)n1c(SCc2ccccc2)nnc1-c1cccc(S(=O)(=O)N(CC)CC)c1. The first kappa shape index (κ1) is 23.5. The second kappa shape index (κ2) is 10.4. The van der Waals surface area contributed by atoms with Gasteiger partial charge in [0.1, 0.15) is 0 Å². The predicted octanol–water partition coefficient (Wildman–Crippen LogP) is 5.24. The van der Waals surface area contributed by atoms with Crippen LogP contribution in [0.25, 0.3) is 11.4 Å². The van der Waals surface area contributed by atoms with Crippen LogP contribution in [0.15, 0.2) is 64.6 Å². The van der Waals surface area contributed by atoms with E-state index < -0.39 is 10.0 Å². The fourth-order valence-electron chi connectivity index (χ4n) is 3.38. The van der Waals surface area contributed by atoms with Gasteiger partial charge in [0, 0.05) is 30.4 Å². The molecule has 0 amide bonds. The van der Waals surface area contributed by atoms with Crippen LogP contribution in [0.5, 0.6) is 0 Å². The monoisotopic (exact) mass is 458 g/mol. The summed E-state index contributed by atoms with van der Waals surface area (Å²) in [6, 6.07) is 17.5. The summed E-state index contributed by atoms with van der Waals surface area (Å²) in [4.78, 5) is 0.283. The Balaban J connectivity index is 1.98. The maximum atomic E-state index is 13.0. The third kappa shape index (κ3) is 5.19. The van der Waals surface area contributed by atoms with Crippen LogP contribution in [-0.4, -0.2) is 40.6 Å². The van der Waals surface area contributed by atoms with E-state index in [4.69, 9.17) is 0 Å². The van der Waals surface area contributed by atoms with Crippen molar-refractivity contribution in [3.05, 3.63) is 60.2 Å². The molecule has 1 unspecified atom stereocenters.